The lowest BCUT2D eigenvalue weighted by molar-refractivity contribution is 0.802. The van der Waals surface area contributed by atoms with Crippen LogP contribution in [0.3, 0.4) is 0 Å². The maximum absolute atomic E-state index is 5.94. The maximum atomic E-state index is 5.94. The average Bonchev–Trinajstić information content (AvgIpc) is 2.61. The zero-order valence-corrected chi connectivity index (χ0v) is 7.96. The highest BCUT2D eigenvalue weighted by molar-refractivity contribution is 5.52. The number of hydrogen-bond acceptors (Lipinski definition) is 1. The van der Waals surface area contributed by atoms with Crippen LogP contribution in [0.2, 0.25) is 0 Å². The van der Waals surface area contributed by atoms with Crippen molar-refractivity contribution in [3.05, 3.63) is 41.5 Å². The van der Waals surface area contributed by atoms with Gasteiger partial charge in [0.15, 0.2) is 0 Å². The standard InChI is InChI=1S/C12H15N/c1-9-6-7-12(13)11(8-9)10-4-2-3-5-10/h2,4,6-8,10H,3,5,13H2,1H3/t10-/m0/s1. The van der Waals surface area contributed by atoms with Crippen molar-refractivity contribution in [2.75, 3.05) is 5.73 Å². The minimum atomic E-state index is 0.555. The summed E-state index contributed by atoms with van der Waals surface area (Å²) in [7, 11) is 0. The molecule has 1 nitrogen and oxygen atoms in total. The summed E-state index contributed by atoms with van der Waals surface area (Å²) < 4.78 is 0. The van der Waals surface area contributed by atoms with E-state index in [0.29, 0.717) is 5.92 Å². The van der Waals surface area contributed by atoms with E-state index in [4.69, 9.17) is 5.73 Å². The molecule has 68 valence electrons. The minimum absolute atomic E-state index is 0.555. The second-order valence-corrected chi connectivity index (χ2v) is 3.74. The lowest BCUT2D eigenvalue weighted by atomic mass is 9.95. The first-order chi connectivity index (χ1) is 6.27. The predicted octanol–water partition coefficient (Wildman–Crippen LogP) is 3.01. The zero-order chi connectivity index (χ0) is 9.26. The number of allylic oxidation sites excluding steroid dienone is 2. The van der Waals surface area contributed by atoms with Gasteiger partial charge in [-0.1, -0.05) is 29.8 Å². The first-order valence-electron chi connectivity index (χ1n) is 4.80. The van der Waals surface area contributed by atoms with E-state index in [9.17, 15) is 0 Å². The SMILES string of the molecule is Cc1ccc(N)c([C@H]2C=CCC2)c1. The maximum Gasteiger partial charge on any atom is 0.0352 e. The zero-order valence-electron chi connectivity index (χ0n) is 7.96. The molecule has 1 aromatic rings. The molecule has 0 saturated carbocycles. The third-order valence-corrected chi connectivity index (χ3v) is 2.65. The van der Waals surface area contributed by atoms with Crippen molar-refractivity contribution < 1.29 is 0 Å². The molecule has 1 atom stereocenters. The van der Waals surface area contributed by atoms with Crippen LogP contribution < -0.4 is 5.73 Å². The lowest BCUT2D eigenvalue weighted by Crippen LogP contribution is -1.98. The second kappa shape index (κ2) is 3.25. The number of nitrogens with two attached hydrogens (primary N) is 1. The molecule has 1 heteroatoms. The molecule has 2 rings (SSSR count). The molecule has 0 radical (unpaired) electrons. The third kappa shape index (κ3) is 1.59. The van der Waals surface area contributed by atoms with Gasteiger partial charge in [0.25, 0.3) is 0 Å². The number of anilines is 1. The average molecular weight is 173 g/mol. The van der Waals surface area contributed by atoms with Crippen molar-refractivity contribution >= 4 is 5.69 Å². The molecule has 0 fully saturated rings. The lowest BCUT2D eigenvalue weighted by Gasteiger charge is -2.11. The minimum Gasteiger partial charge on any atom is -0.398 e. The predicted molar refractivity (Wildman–Crippen MR) is 56.7 cm³/mol. The van der Waals surface area contributed by atoms with Crippen LogP contribution in [-0.4, -0.2) is 0 Å². The monoisotopic (exact) mass is 173 g/mol. The fourth-order valence-corrected chi connectivity index (χ4v) is 1.91. The highest BCUT2D eigenvalue weighted by Crippen LogP contribution is 2.32. The second-order valence-electron chi connectivity index (χ2n) is 3.74. The molecule has 0 bridgehead atoms. The van der Waals surface area contributed by atoms with Crippen LogP contribution in [0.4, 0.5) is 5.69 Å². The molecule has 1 aliphatic carbocycles. The van der Waals surface area contributed by atoms with Crippen molar-refractivity contribution in [2.45, 2.75) is 25.7 Å². The molecule has 0 amide bonds. The van der Waals surface area contributed by atoms with Crippen molar-refractivity contribution in [1.29, 1.82) is 0 Å². The van der Waals surface area contributed by atoms with E-state index in [1.54, 1.807) is 0 Å². The molecule has 0 unspecified atom stereocenters. The molecule has 0 aliphatic heterocycles. The van der Waals surface area contributed by atoms with Gasteiger partial charge in [-0.05, 0) is 31.4 Å². The van der Waals surface area contributed by atoms with Crippen LogP contribution in [0.25, 0.3) is 0 Å². The Balaban J connectivity index is 2.37. The van der Waals surface area contributed by atoms with Crippen LogP contribution in [-0.2, 0) is 0 Å². The molecule has 1 aliphatic rings. The summed E-state index contributed by atoms with van der Waals surface area (Å²) in [6.45, 7) is 2.11. The Morgan fingerprint density at radius 2 is 2.23 bits per heavy atom. The van der Waals surface area contributed by atoms with Gasteiger partial charge in [0.2, 0.25) is 0 Å². The summed E-state index contributed by atoms with van der Waals surface area (Å²) in [6.07, 6.45) is 6.92. The van der Waals surface area contributed by atoms with Crippen molar-refractivity contribution in [3.8, 4) is 0 Å². The number of benzene rings is 1. The highest BCUT2D eigenvalue weighted by atomic mass is 14.6. The number of aryl methyl sites for hydroxylation is 1. The summed E-state index contributed by atoms with van der Waals surface area (Å²) in [5.74, 6) is 0.555. The van der Waals surface area contributed by atoms with Gasteiger partial charge in [-0.15, -0.1) is 0 Å². The first kappa shape index (κ1) is 8.36. The highest BCUT2D eigenvalue weighted by Gasteiger charge is 2.13. The fraction of sp³-hybridized carbons (Fsp3) is 0.333. The van der Waals surface area contributed by atoms with Gasteiger partial charge in [0, 0.05) is 11.6 Å². The van der Waals surface area contributed by atoms with Gasteiger partial charge in [-0.25, -0.2) is 0 Å². The number of hydrogen-bond donors (Lipinski definition) is 1. The molecule has 0 saturated heterocycles. The molecule has 0 aromatic heterocycles. The van der Waals surface area contributed by atoms with E-state index in [0.717, 1.165) is 5.69 Å². The summed E-state index contributed by atoms with van der Waals surface area (Å²) >= 11 is 0. The van der Waals surface area contributed by atoms with E-state index in [-0.39, 0.29) is 0 Å². The number of nitrogen functional groups attached to an aromatic ring is 1. The van der Waals surface area contributed by atoms with E-state index in [1.807, 2.05) is 6.07 Å². The van der Waals surface area contributed by atoms with E-state index in [1.165, 1.54) is 24.0 Å². The van der Waals surface area contributed by atoms with E-state index < -0.39 is 0 Å². The Morgan fingerprint density at radius 3 is 2.92 bits per heavy atom. The Hall–Kier alpha value is -1.24. The molecule has 0 heterocycles. The van der Waals surface area contributed by atoms with Crippen LogP contribution in [0.15, 0.2) is 30.4 Å². The number of rotatable bonds is 1. The smallest absolute Gasteiger partial charge is 0.0352 e. The van der Waals surface area contributed by atoms with Crippen molar-refractivity contribution in [2.24, 2.45) is 0 Å². The summed E-state index contributed by atoms with van der Waals surface area (Å²) in [5.41, 5.74) is 9.46. The Kier molecular flexibility index (Phi) is 2.09. The van der Waals surface area contributed by atoms with Gasteiger partial charge < -0.3 is 5.73 Å². The van der Waals surface area contributed by atoms with Crippen LogP contribution in [0.1, 0.15) is 29.9 Å². The summed E-state index contributed by atoms with van der Waals surface area (Å²) in [6, 6.07) is 6.28. The molecule has 0 spiro atoms. The summed E-state index contributed by atoms with van der Waals surface area (Å²) in [5, 5.41) is 0. The fourth-order valence-electron chi connectivity index (χ4n) is 1.91. The molecule has 1 aromatic carbocycles. The van der Waals surface area contributed by atoms with Crippen molar-refractivity contribution in [3.63, 3.8) is 0 Å². The quantitative estimate of drug-likeness (QED) is 0.512. The van der Waals surface area contributed by atoms with Gasteiger partial charge in [0.1, 0.15) is 0 Å². The largest absolute Gasteiger partial charge is 0.398 e. The van der Waals surface area contributed by atoms with Crippen molar-refractivity contribution in [1.82, 2.24) is 0 Å². The van der Waals surface area contributed by atoms with Crippen LogP contribution in [0, 0.1) is 6.92 Å². The van der Waals surface area contributed by atoms with E-state index >= 15 is 0 Å². The topological polar surface area (TPSA) is 26.0 Å². The van der Waals surface area contributed by atoms with Crippen LogP contribution >= 0.6 is 0 Å². The normalized spacial score (nSPS) is 20.8. The van der Waals surface area contributed by atoms with E-state index in [2.05, 4.69) is 31.2 Å². The van der Waals surface area contributed by atoms with Crippen LogP contribution in [0.5, 0.6) is 0 Å². The Morgan fingerprint density at radius 1 is 1.38 bits per heavy atom. The molecular formula is C12H15N. The first-order valence-corrected chi connectivity index (χ1v) is 4.80. The molecule has 13 heavy (non-hydrogen) atoms. The Labute approximate surface area is 79.3 Å². The Bertz CT molecular complexity index is 339. The van der Waals surface area contributed by atoms with Gasteiger partial charge in [-0.3, -0.25) is 0 Å². The molecule has 2 N–H and O–H groups in total. The third-order valence-electron chi connectivity index (χ3n) is 2.65. The van der Waals surface area contributed by atoms with Gasteiger partial charge >= 0.3 is 0 Å². The molecular weight excluding hydrogens is 158 g/mol. The van der Waals surface area contributed by atoms with Gasteiger partial charge in [-0.2, -0.15) is 0 Å². The summed E-state index contributed by atoms with van der Waals surface area (Å²) in [4.78, 5) is 0. The van der Waals surface area contributed by atoms with Gasteiger partial charge in [0.05, 0.1) is 0 Å².